The normalized spacial score (nSPS) is 28.0. The van der Waals surface area contributed by atoms with Gasteiger partial charge in [-0.2, -0.15) is 0 Å². The van der Waals surface area contributed by atoms with Crippen molar-refractivity contribution in [2.24, 2.45) is 0 Å². The highest BCUT2D eigenvalue weighted by molar-refractivity contribution is 7.90. The van der Waals surface area contributed by atoms with Gasteiger partial charge in [-0.1, -0.05) is 20.8 Å². The summed E-state index contributed by atoms with van der Waals surface area (Å²) in [5.41, 5.74) is -0.623. The Hall–Kier alpha value is -0.488. The zero-order chi connectivity index (χ0) is 26.0. The molecule has 1 saturated carbocycles. The van der Waals surface area contributed by atoms with Crippen LogP contribution in [0.15, 0.2) is 12.4 Å². The lowest BCUT2D eigenvalue weighted by Gasteiger charge is -2.52. The molecule has 1 aromatic heterocycles. The summed E-state index contributed by atoms with van der Waals surface area (Å²) >= 11 is -1.13. The summed E-state index contributed by atoms with van der Waals surface area (Å²) in [7, 11) is -2.61. The molecule has 0 radical (unpaired) electrons. The SMILES string of the molecule is CC(C)(C)[S@@+]([O-])NC1CC(O[Si](C)(C)C(C)(C)C)(c2ncc(B3OC(C)(C)C(C)(C)O3)cn2)C1. The number of aromatic nitrogens is 2. The Labute approximate surface area is 211 Å². The highest BCUT2D eigenvalue weighted by Gasteiger charge is 2.56. The summed E-state index contributed by atoms with van der Waals surface area (Å²) in [5, 5.41) is 0.0510. The molecule has 1 N–H and O–H groups in total. The first-order chi connectivity index (χ1) is 15.2. The molecule has 0 unspecified atom stereocenters. The van der Waals surface area contributed by atoms with E-state index in [1.165, 1.54) is 0 Å². The van der Waals surface area contributed by atoms with Gasteiger partial charge in [-0.15, -0.1) is 4.72 Å². The third kappa shape index (κ3) is 5.43. The second-order valence-electron chi connectivity index (χ2n) is 13.4. The second-order valence-corrected chi connectivity index (χ2v) is 20.1. The van der Waals surface area contributed by atoms with Crippen LogP contribution in [0, 0.1) is 0 Å². The lowest BCUT2D eigenvalue weighted by Crippen LogP contribution is -2.61. The van der Waals surface area contributed by atoms with Crippen molar-refractivity contribution in [2.45, 2.75) is 128 Å². The molecule has 192 valence electrons. The molecule has 2 aliphatic rings. The lowest BCUT2D eigenvalue weighted by atomic mass is 9.75. The average molecular weight is 510 g/mol. The van der Waals surface area contributed by atoms with Crippen molar-refractivity contribution in [2.75, 3.05) is 0 Å². The third-order valence-corrected chi connectivity index (χ3v) is 14.0. The maximum Gasteiger partial charge on any atom is 0.498 e. The molecule has 0 bridgehead atoms. The molecule has 2 fully saturated rings. The fourth-order valence-corrected chi connectivity index (χ4v) is 6.14. The van der Waals surface area contributed by atoms with E-state index in [-0.39, 0.29) is 15.8 Å². The molecule has 0 spiro atoms. The number of hydrogen-bond donors (Lipinski definition) is 1. The van der Waals surface area contributed by atoms with Crippen molar-refractivity contribution < 1.29 is 18.3 Å². The zero-order valence-electron chi connectivity index (χ0n) is 23.2. The summed E-state index contributed by atoms with van der Waals surface area (Å²) in [6.07, 6.45) is 4.99. The van der Waals surface area contributed by atoms with Gasteiger partial charge in [0.15, 0.2) is 14.1 Å². The van der Waals surface area contributed by atoms with Crippen LogP contribution in [0.4, 0.5) is 0 Å². The van der Waals surface area contributed by atoms with Gasteiger partial charge in [0.05, 0.1) is 17.2 Å². The minimum absolute atomic E-state index is 0.0510. The highest BCUT2D eigenvalue weighted by Crippen LogP contribution is 2.50. The fraction of sp³-hybridized carbons (Fsp3) is 0.833. The Kier molecular flexibility index (Phi) is 7.28. The average Bonchev–Trinajstić information content (AvgIpc) is 2.85. The Morgan fingerprint density at radius 2 is 1.50 bits per heavy atom. The lowest BCUT2D eigenvalue weighted by molar-refractivity contribution is -0.0508. The van der Waals surface area contributed by atoms with E-state index in [9.17, 15) is 4.55 Å². The molecule has 2 heterocycles. The number of nitrogens with zero attached hydrogens (tertiary/aromatic N) is 2. The van der Waals surface area contributed by atoms with E-state index in [1.54, 1.807) is 12.4 Å². The van der Waals surface area contributed by atoms with Crippen molar-refractivity contribution in [3.8, 4) is 0 Å². The van der Waals surface area contributed by atoms with Crippen molar-refractivity contribution in [3.05, 3.63) is 18.2 Å². The number of hydrogen-bond acceptors (Lipinski definition) is 7. The van der Waals surface area contributed by atoms with E-state index >= 15 is 0 Å². The predicted molar refractivity (Wildman–Crippen MR) is 142 cm³/mol. The molecule has 1 saturated heterocycles. The molecular weight excluding hydrogens is 465 g/mol. The summed E-state index contributed by atoms with van der Waals surface area (Å²) < 4.78 is 34.9. The highest BCUT2D eigenvalue weighted by atomic mass is 32.2. The zero-order valence-corrected chi connectivity index (χ0v) is 25.0. The van der Waals surface area contributed by atoms with E-state index in [0.717, 1.165) is 5.46 Å². The van der Waals surface area contributed by atoms with Crippen LogP contribution >= 0.6 is 0 Å². The summed E-state index contributed by atoms with van der Waals surface area (Å²) in [6, 6.07) is 0.0937. The van der Waals surface area contributed by atoms with Gasteiger partial charge in [0.1, 0.15) is 10.3 Å². The fourth-order valence-electron chi connectivity index (χ4n) is 3.77. The maximum absolute atomic E-state index is 12.7. The summed E-state index contributed by atoms with van der Waals surface area (Å²) in [4.78, 5) is 9.53. The van der Waals surface area contributed by atoms with Crippen LogP contribution in [0.1, 0.15) is 87.9 Å². The Morgan fingerprint density at radius 3 is 1.91 bits per heavy atom. The Bertz CT molecular complexity index is 862. The third-order valence-electron chi connectivity index (χ3n) is 7.84. The first-order valence-electron chi connectivity index (χ1n) is 12.3. The van der Waals surface area contributed by atoms with Gasteiger partial charge < -0.3 is 18.3 Å². The Balaban J connectivity index is 1.84. The molecule has 1 aliphatic heterocycles. The summed E-state index contributed by atoms with van der Waals surface area (Å²) in [6.45, 7) is 25.3. The molecule has 1 aromatic rings. The van der Waals surface area contributed by atoms with E-state index in [2.05, 4.69) is 38.6 Å². The molecule has 3 rings (SSSR count). The van der Waals surface area contributed by atoms with Crippen molar-refractivity contribution in [3.63, 3.8) is 0 Å². The standard InChI is InChI=1S/C24H44BN3O4SSi/c1-20(2,3)33(29)28-18-13-24(14-18,32-34(11,12)21(4,5)6)19-26-15-17(16-27-19)25-30-22(7,8)23(9,10)31-25/h15-16,18,28H,13-14H2,1-12H3/t18?,24?,33-/m1/s1. The van der Waals surface area contributed by atoms with Crippen molar-refractivity contribution >= 4 is 32.3 Å². The molecule has 34 heavy (non-hydrogen) atoms. The molecule has 0 aromatic carbocycles. The summed E-state index contributed by atoms with van der Waals surface area (Å²) in [5.74, 6) is 0.678. The van der Waals surface area contributed by atoms with E-state index in [1.807, 2.05) is 48.5 Å². The van der Waals surface area contributed by atoms with Crippen LogP contribution in [0.25, 0.3) is 0 Å². The largest absolute Gasteiger partial charge is 0.598 e. The second kappa shape index (κ2) is 8.82. The number of rotatable bonds is 6. The smallest absolute Gasteiger partial charge is 0.498 e. The molecule has 1 atom stereocenters. The van der Waals surface area contributed by atoms with Gasteiger partial charge >= 0.3 is 7.12 Å². The van der Waals surface area contributed by atoms with Crippen LogP contribution in [0.5, 0.6) is 0 Å². The first kappa shape index (κ1) is 28.1. The van der Waals surface area contributed by atoms with Gasteiger partial charge in [0.25, 0.3) is 0 Å². The first-order valence-corrected chi connectivity index (χ1v) is 16.3. The van der Waals surface area contributed by atoms with Crippen molar-refractivity contribution in [1.29, 1.82) is 0 Å². The monoisotopic (exact) mass is 509 g/mol. The molecule has 7 nitrogen and oxygen atoms in total. The minimum Gasteiger partial charge on any atom is -0.598 e. The Morgan fingerprint density at radius 1 is 1.03 bits per heavy atom. The molecule has 0 amide bonds. The molecule has 10 heteroatoms. The molecular formula is C24H44BN3O4SSi. The van der Waals surface area contributed by atoms with Crippen LogP contribution in [-0.4, -0.2) is 51.9 Å². The van der Waals surface area contributed by atoms with Crippen LogP contribution in [-0.2, 0) is 30.7 Å². The maximum atomic E-state index is 12.7. The van der Waals surface area contributed by atoms with Crippen molar-refractivity contribution in [1.82, 2.24) is 14.7 Å². The van der Waals surface area contributed by atoms with Gasteiger partial charge in [-0.3, -0.25) is 0 Å². The predicted octanol–water partition coefficient (Wildman–Crippen LogP) is 4.21. The van der Waals surface area contributed by atoms with Crippen LogP contribution in [0.2, 0.25) is 18.1 Å². The van der Waals surface area contributed by atoms with Crippen LogP contribution < -0.4 is 10.2 Å². The quantitative estimate of drug-likeness (QED) is 0.454. The van der Waals surface area contributed by atoms with E-state index in [4.69, 9.17) is 23.7 Å². The van der Waals surface area contributed by atoms with Gasteiger partial charge in [0.2, 0.25) is 0 Å². The molecule has 1 aliphatic carbocycles. The van der Waals surface area contributed by atoms with Gasteiger partial charge in [-0.05, 0) is 66.6 Å². The van der Waals surface area contributed by atoms with E-state index < -0.39 is 43.6 Å². The number of nitrogens with one attached hydrogen (secondary N) is 1. The van der Waals surface area contributed by atoms with Gasteiger partial charge in [-0.25, -0.2) is 9.97 Å². The van der Waals surface area contributed by atoms with Gasteiger partial charge in [0, 0.05) is 42.1 Å². The topological polar surface area (TPSA) is 88.6 Å². The minimum atomic E-state index is -2.11. The van der Waals surface area contributed by atoms with Crippen LogP contribution in [0.3, 0.4) is 0 Å². The van der Waals surface area contributed by atoms with E-state index in [0.29, 0.717) is 18.7 Å².